The number of ether oxygens (including phenoxy) is 1. The summed E-state index contributed by atoms with van der Waals surface area (Å²) in [5.74, 6) is 1.13. The third-order valence-corrected chi connectivity index (χ3v) is 6.50. The van der Waals surface area contributed by atoms with Gasteiger partial charge in [-0.25, -0.2) is 4.98 Å². The number of amides is 1. The molecule has 0 N–H and O–H groups in total. The molecular formula is C27H28N4O2. The van der Waals surface area contributed by atoms with E-state index < -0.39 is 0 Å². The summed E-state index contributed by atoms with van der Waals surface area (Å²) in [6.45, 7) is 3.48. The zero-order valence-electron chi connectivity index (χ0n) is 19.3. The highest BCUT2D eigenvalue weighted by Gasteiger charge is 2.27. The van der Waals surface area contributed by atoms with Crippen LogP contribution in [0.5, 0.6) is 5.75 Å². The fourth-order valence-corrected chi connectivity index (χ4v) is 4.71. The van der Waals surface area contributed by atoms with E-state index in [1.807, 2.05) is 53.8 Å². The number of hydrogen-bond donors (Lipinski definition) is 0. The molecule has 1 aliphatic heterocycles. The molecule has 0 aliphatic carbocycles. The number of hydrogen-bond acceptors (Lipinski definition) is 4. The molecule has 168 valence electrons. The van der Waals surface area contributed by atoms with Crippen molar-refractivity contribution in [2.75, 3.05) is 20.2 Å². The smallest absolute Gasteiger partial charge is 0.253 e. The number of methoxy groups -OCH3 is 1. The Balaban J connectivity index is 1.38. The van der Waals surface area contributed by atoms with Gasteiger partial charge in [0.15, 0.2) is 0 Å². The fourth-order valence-electron chi connectivity index (χ4n) is 4.71. The molecule has 1 amide bonds. The number of nitrogens with zero attached hydrogens (tertiary/aromatic N) is 4. The molecule has 0 radical (unpaired) electrons. The standard InChI is InChI=1S/C27H28N4O2/c1-18-13-22(19-6-9-23(33-3)10-7-19)15-24(29-18)21-5-4-12-31(16-21)27(32)20-8-11-26-25(14-20)28-17-30(26)2/h6-11,13-15,17,21H,4-5,12,16H2,1-3H3. The van der Waals surface area contributed by atoms with Crippen LogP contribution in [0.4, 0.5) is 0 Å². The molecule has 1 saturated heterocycles. The number of benzene rings is 2. The van der Waals surface area contributed by atoms with E-state index >= 15 is 0 Å². The Bertz CT molecular complexity index is 1310. The maximum Gasteiger partial charge on any atom is 0.253 e. The number of likely N-dealkylation sites (tertiary alicyclic amines) is 1. The Hall–Kier alpha value is -3.67. The normalized spacial score (nSPS) is 16.2. The molecule has 6 nitrogen and oxygen atoms in total. The van der Waals surface area contributed by atoms with E-state index in [0.29, 0.717) is 12.1 Å². The topological polar surface area (TPSA) is 60.2 Å². The molecule has 1 aliphatic rings. The Morgan fingerprint density at radius 3 is 2.67 bits per heavy atom. The van der Waals surface area contributed by atoms with Gasteiger partial charge in [0.05, 0.1) is 24.5 Å². The van der Waals surface area contributed by atoms with Crippen molar-refractivity contribution >= 4 is 16.9 Å². The first-order valence-corrected chi connectivity index (χ1v) is 11.3. The Labute approximate surface area is 193 Å². The molecule has 0 bridgehead atoms. The third kappa shape index (κ3) is 4.21. The summed E-state index contributed by atoms with van der Waals surface area (Å²) in [5.41, 5.74) is 6.89. The van der Waals surface area contributed by atoms with E-state index in [-0.39, 0.29) is 11.8 Å². The number of pyridine rings is 1. The molecule has 1 atom stereocenters. The average Bonchev–Trinajstić information content (AvgIpc) is 3.23. The van der Waals surface area contributed by atoms with Crippen LogP contribution < -0.4 is 4.74 Å². The van der Waals surface area contributed by atoms with Crippen LogP contribution >= 0.6 is 0 Å². The quantitative estimate of drug-likeness (QED) is 0.449. The largest absolute Gasteiger partial charge is 0.497 e. The number of carbonyl (C=O) groups excluding carboxylic acids is 1. The Kier molecular flexibility index (Phi) is 5.58. The lowest BCUT2D eigenvalue weighted by Gasteiger charge is -2.33. The summed E-state index contributed by atoms with van der Waals surface area (Å²) >= 11 is 0. The van der Waals surface area contributed by atoms with Gasteiger partial charge in [0.2, 0.25) is 0 Å². The first kappa shape index (κ1) is 21.2. The zero-order chi connectivity index (χ0) is 22.9. The monoisotopic (exact) mass is 440 g/mol. The van der Waals surface area contributed by atoms with Crippen molar-refractivity contribution in [1.29, 1.82) is 0 Å². The molecule has 5 rings (SSSR count). The molecule has 4 aromatic rings. The van der Waals surface area contributed by atoms with E-state index in [4.69, 9.17) is 9.72 Å². The SMILES string of the molecule is COc1ccc(-c2cc(C)nc(C3CCCN(C(=O)c4ccc5c(c4)ncn5C)C3)c2)cc1. The van der Waals surface area contributed by atoms with Crippen LogP contribution in [0.2, 0.25) is 0 Å². The molecular weight excluding hydrogens is 412 g/mol. The molecule has 2 aromatic heterocycles. The molecule has 1 fully saturated rings. The van der Waals surface area contributed by atoms with Gasteiger partial charge >= 0.3 is 0 Å². The summed E-state index contributed by atoms with van der Waals surface area (Å²) < 4.78 is 7.25. The lowest BCUT2D eigenvalue weighted by molar-refractivity contribution is 0.0706. The van der Waals surface area contributed by atoms with E-state index in [1.54, 1.807) is 13.4 Å². The lowest BCUT2D eigenvalue weighted by Crippen LogP contribution is -2.39. The lowest BCUT2D eigenvalue weighted by atomic mass is 9.91. The van der Waals surface area contributed by atoms with Crippen molar-refractivity contribution in [3.05, 3.63) is 77.9 Å². The second-order valence-electron chi connectivity index (χ2n) is 8.80. The minimum absolute atomic E-state index is 0.0651. The van der Waals surface area contributed by atoms with Crippen molar-refractivity contribution in [1.82, 2.24) is 19.4 Å². The first-order valence-electron chi connectivity index (χ1n) is 11.3. The number of aryl methyl sites for hydroxylation is 2. The first-order chi connectivity index (χ1) is 16.0. The summed E-state index contributed by atoms with van der Waals surface area (Å²) in [6, 6.07) is 18.2. The number of imidazole rings is 1. The van der Waals surface area contributed by atoms with Crippen LogP contribution in [-0.2, 0) is 7.05 Å². The predicted octanol–water partition coefficient (Wildman–Crippen LogP) is 4.97. The van der Waals surface area contributed by atoms with Gasteiger partial charge in [0.1, 0.15) is 5.75 Å². The van der Waals surface area contributed by atoms with Gasteiger partial charge in [-0.3, -0.25) is 9.78 Å². The molecule has 0 saturated carbocycles. The van der Waals surface area contributed by atoms with Crippen LogP contribution in [0.3, 0.4) is 0 Å². The zero-order valence-corrected chi connectivity index (χ0v) is 19.3. The van der Waals surface area contributed by atoms with Gasteiger partial charge in [-0.05, 0) is 73.4 Å². The summed E-state index contributed by atoms with van der Waals surface area (Å²) in [4.78, 5) is 24.5. The van der Waals surface area contributed by atoms with E-state index in [1.165, 1.54) is 0 Å². The highest BCUT2D eigenvalue weighted by molar-refractivity contribution is 5.97. The van der Waals surface area contributed by atoms with Gasteiger partial charge in [0.25, 0.3) is 5.91 Å². The number of rotatable bonds is 4. The maximum atomic E-state index is 13.3. The third-order valence-electron chi connectivity index (χ3n) is 6.50. The minimum Gasteiger partial charge on any atom is -0.497 e. The maximum absolute atomic E-state index is 13.3. The van der Waals surface area contributed by atoms with Crippen molar-refractivity contribution < 1.29 is 9.53 Å². The number of carbonyl (C=O) groups is 1. The molecule has 6 heteroatoms. The van der Waals surface area contributed by atoms with Crippen LogP contribution in [-0.4, -0.2) is 45.5 Å². The fraction of sp³-hybridized carbons (Fsp3) is 0.296. The highest BCUT2D eigenvalue weighted by Crippen LogP contribution is 2.31. The number of piperidine rings is 1. The van der Waals surface area contributed by atoms with Gasteiger partial charge < -0.3 is 14.2 Å². The average molecular weight is 441 g/mol. The van der Waals surface area contributed by atoms with Crippen LogP contribution in [0.15, 0.2) is 60.9 Å². The van der Waals surface area contributed by atoms with E-state index in [9.17, 15) is 4.79 Å². The van der Waals surface area contributed by atoms with Crippen molar-refractivity contribution in [3.8, 4) is 16.9 Å². The van der Waals surface area contributed by atoms with Crippen molar-refractivity contribution in [3.63, 3.8) is 0 Å². The molecule has 33 heavy (non-hydrogen) atoms. The summed E-state index contributed by atoms with van der Waals surface area (Å²) in [5, 5.41) is 0. The van der Waals surface area contributed by atoms with Gasteiger partial charge in [0, 0.05) is 43.0 Å². The molecule has 0 spiro atoms. The minimum atomic E-state index is 0.0651. The predicted molar refractivity (Wildman–Crippen MR) is 130 cm³/mol. The van der Waals surface area contributed by atoms with Crippen LogP contribution in [0.1, 0.15) is 40.5 Å². The Morgan fingerprint density at radius 1 is 1.06 bits per heavy atom. The highest BCUT2D eigenvalue weighted by atomic mass is 16.5. The Morgan fingerprint density at radius 2 is 1.88 bits per heavy atom. The second kappa shape index (κ2) is 8.70. The van der Waals surface area contributed by atoms with Gasteiger partial charge in [-0.2, -0.15) is 0 Å². The van der Waals surface area contributed by atoms with Gasteiger partial charge in [-0.1, -0.05) is 12.1 Å². The van der Waals surface area contributed by atoms with Crippen molar-refractivity contribution in [2.45, 2.75) is 25.7 Å². The summed E-state index contributed by atoms with van der Waals surface area (Å²) in [6.07, 6.45) is 3.77. The van der Waals surface area contributed by atoms with Crippen LogP contribution in [0.25, 0.3) is 22.2 Å². The van der Waals surface area contributed by atoms with E-state index in [2.05, 4.69) is 29.2 Å². The summed E-state index contributed by atoms with van der Waals surface area (Å²) in [7, 11) is 3.63. The van der Waals surface area contributed by atoms with Gasteiger partial charge in [-0.15, -0.1) is 0 Å². The second-order valence-corrected chi connectivity index (χ2v) is 8.80. The molecule has 2 aromatic carbocycles. The number of aromatic nitrogens is 3. The van der Waals surface area contributed by atoms with Crippen molar-refractivity contribution in [2.24, 2.45) is 7.05 Å². The molecule has 1 unspecified atom stereocenters. The molecule has 3 heterocycles. The van der Waals surface area contributed by atoms with E-state index in [0.717, 1.165) is 58.7 Å². The number of fused-ring (bicyclic) bond motifs is 1. The van der Waals surface area contributed by atoms with Crippen LogP contribution in [0, 0.1) is 6.92 Å².